The van der Waals surface area contributed by atoms with Crippen LogP contribution in [-0.2, 0) is 35.6 Å². The zero-order valence-electron chi connectivity index (χ0n) is 22.8. The molecule has 39 heavy (non-hydrogen) atoms. The van der Waals surface area contributed by atoms with Crippen LogP contribution in [0, 0.1) is 0 Å². The summed E-state index contributed by atoms with van der Waals surface area (Å²) in [5, 5.41) is 3.01. The molecule has 210 valence electrons. The van der Waals surface area contributed by atoms with E-state index in [-0.39, 0.29) is 17.3 Å². The Morgan fingerprint density at radius 1 is 1.05 bits per heavy atom. The largest absolute Gasteiger partial charge is 0.492 e. The first-order valence-electron chi connectivity index (χ1n) is 12.4. The van der Waals surface area contributed by atoms with Crippen LogP contribution in [-0.4, -0.2) is 57.8 Å². The number of fused-ring (bicyclic) bond motifs is 1. The number of nitrogens with zero attached hydrogens (tertiary/aromatic N) is 1. The average molecular weight is 558 g/mol. The van der Waals surface area contributed by atoms with Gasteiger partial charge < -0.3 is 15.2 Å². The van der Waals surface area contributed by atoms with Crippen LogP contribution in [0.1, 0.15) is 32.8 Å². The lowest BCUT2D eigenvalue weighted by atomic mass is 10.0. The number of anilines is 1. The zero-order chi connectivity index (χ0) is 28.8. The van der Waals surface area contributed by atoms with Crippen LogP contribution < -0.4 is 15.2 Å². The molecule has 0 aliphatic carbocycles. The highest BCUT2D eigenvalue weighted by Gasteiger charge is 2.33. The predicted molar refractivity (Wildman–Crippen MR) is 148 cm³/mol. The Morgan fingerprint density at radius 3 is 2.44 bits per heavy atom. The van der Waals surface area contributed by atoms with Gasteiger partial charge in [0.1, 0.15) is 22.3 Å². The molecule has 0 aliphatic rings. The summed E-state index contributed by atoms with van der Waals surface area (Å²) >= 11 is 0. The summed E-state index contributed by atoms with van der Waals surface area (Å²) in [5.74, 6) is -1.51. The van der Waals surface area contributed by atoms with Crippen LogP contribution in [0.3, 0.4) is 0 Å². The summed E-state index contributed by atoms with van der Waals surface area (Å²) < 4.78 is 40.4. The molecule has 0 saturated heterocycles. The van der Waals surface area contributed by atoms with E-state index in [1.807, 2.05) is 42.5 Å². The van der Waals surface area contributed by atoms with Gasteiger partial charge in [0, 0.05) is 25.2 Å². The number of nitrogens with one attached hydrogen (secondary N) is 1. The number of carbonyl (C=O) groups excluding carboxylic acids is 2. The molecule has 0 aromatic heterocycles. The molecular weight excluding hydrogens is 522 g/mol. The summed E-state index contributed by atoms with van der Waals surface area (Å²) in [4.78, 5) is 30.0. The summed E-state index contributed by atoms with van der Waals surface area (Å²) in [6, 6.07) is 16.5. The fourth-order valence-electron chi connectivity index (χ4n) is 3.93. The first-order valence-corrected chi connectivity index (χ1v) is 13.8. The number of sulfonamides is 1. The number of benzene rings is 3. The zero-order valence-corrected chi connectivity index (χ0v) is 23.6. The van der Waals surface area contributed by atoms with Crippen molar-refractivity contribution in [2.45, 2.75) is 50.2 Å². The third kappa shape index (κ3) is 8.16. The maximum Gasteiger partial charge on any atom is 0.308 e. The van der Waals surface area contributed by atoms with Gasteiger partial charge in [-0.2, -0.15) is 4.72 Å². The van der Waals surface area contributed by atoms with Crippen LogP contribution in [0.2, 0.25) is 0 Å². The van der Waals surface area contributed by atoms with Gasteiger partial charge in [-0.05, 0) is 49.2 Å². The smallest absolute Gasteiger partial charge is 0.308 e. The molecule has 0 aliphatic heterocycles. The molecule has 0 heterocycles. The molecule has 0 fully saturated rings. The highest BCUT2D eigenvalue weighted by atomic mass is 32.2. The van der Waals surface area contributed by atoms with Crippen molar-refractivity contribution in [3.8, 4) is 5.75 Å². The fourth-order valence-corrected chi connectivity index (χ4v) is 5.25. The molecule has 0 spiro atoms. The van der Waals surface area contributed by atoms with Crippen LogP contribution >= 0.6 is 0 Å². The van der Waals surface area contributed by atoms with Crippen molar-refractivity contribution >= 4 is 38.4 Å². The number of hydrogen-bond acceptors (Lipinski definition) is 8. The van der Waals surface area contributed by atoms with Gasteiger partial charge in [0.05, 0.1) is 20.1 Å². The normalized spacial score (nSPS) is 12.6. The van der Waals surface area contributed by atoms with E-state index < -0.39 is 40.0 Å². The molecule has 3 aromatic carbocycles. The van der Waals surface area contributed by atoms with Gasteiger partial charge in [-0.1, -0.05) is 42.5 Å². The summed E-state index contributed by atoms with van der Waals surface area (Å²) in [6.07, 6.45) is -0.0310. The van der Waals surface area contributed by atoms with E-state index in [0.29, 0.717) is 12.1 Å². The molecule has 0 bridgehead atoms. The molecule has 11 heteroatoms. The van der Waals surface area contributed by atoms with E-state index in [1.54, 1.807) is 20.8 Å². The summed E-state index contributed by atoms with van der Waals surface area (Å²) in [5.41, 5.74) is 6.45. The average Bonchev–Trinajstić information content (AvgIpc) is 2.86. The van der Waals surface area contributed by atoms with Crippen molar-refractivity contribution in [2.75, 3.05) is 26.5 Å². The molecule has 3 N–H and O–H groups in total. The number of carbonyl (C=O) groups is 2. The lowest BCUT2D eigenvalue weighted by Gasteiger charge is -2.25. The van der Waals surface area contributed by atoms with E-state index >= 15 is 0 Å². The van der Waals surface area contributed by atoms with Crippen LogP contribution in [0.5, 0.6) is 5.75 Å². The Bertz CT molecular complexity index is 1430. The Kier molecular flexibility index (Phi) is 9.54. The Hall–Kier alpha value is -3.67. The van der Waals surface area contributed by atoms with Gasteiger partial charge in [0.2, 0.25) is 10.0 Å². The van der Waals surface area contributed by atoms with E-state index in [2.05, 4.69) is 4.72 Å². The second-order valence-corrected chi connectivity index (χ2v) is 11.6. The highest BCUT2D eigenvalue weighted by Crippen LogP contribution is 2.28. The van der Waals surface area contributed by atoms with Crippen LogP contribution in [0.15, 0.2) is 65.6 Å². The third-order valence-corrected chi connectivity index (χ3v) is 7.25. The number of nitrogen functional groups attached to an aromatic ring is 1. The number of hydrogen-bond donors (Lipinski definition) is 2. The van der Waals surface area contributed by atoms with Gasteiger partial charge in [-0.25, -0.2) is 13.5 Å². The topological polar surface area (TPSA) is 137 Å². The van der Waals surface area contributed by atoms with Gasteiger partial charge >= 0.3 is 5.97 Å². The minimum absolute atomic E-state index is 0.0197. The van der Waals surface area contributed by atoms with Crippen LogP contribution in [0.25, 0.3) is 10.8 Å². The van der Waals surface area contributed by atoms with Crippen LogP contribution in [0.4, 0.5) is 5.69 Å². The number of nitrogens with two attached hydrogens (primary N) is 1. The van der Waals surface area contributed by atoms with E-state index in [4.69, 9.17) is 20.0 Å². The van der Waals surface area contributed by atoms with Crippen molar-refractivity contribution in [2.24, 2.45) is 0 Å². The molecule has 3 aromatic rings. The van der Waals surface area contributed by atoms with Crippen molar-refractivity contribution in [3.05, 3.63) is 66.2 Å². The maximum atomic E-state index is 13.5. The molecule has 1 unspecified atom stereocenters. The second-order valence-electron chi connectivity index (χ2n) is 9.93. The first kappa shape index (κ1) is 29.9. The van der Waals surface area contributed by atoms with Crippen molar-refractivity contribution in [1.29, 1.82) is 0 Å². The van der Waals surface area contributed by atoms with E-state index in [0.717, 1.165) is 21.4 Å². The first-order chi connectivity index (χ1) is 18.3. The standard InChI is InChI=1S/C28H35N3O7S/c1-28(2,3)38-26(32)18-23(27(33)31(4)36-5)30-39(34,35)25-14-13-21(29)17-24(25)37-16-15-20-11-8-10-19-9-6-7-12-22(19)20/h6-14,17,23,30H,15-16,18,29H2,1-5H3. The third-order valence-electron chi connectivity index (χ3n) is 5.74. The van der Waals surface area contributed by atoms with Crippen molar-refractivity contribution in [1.82, 2.24) is 9.79 Å². The molecule has 1 amide bonds. The van der Waals surface area contributed by atoms with Gasteiger partial charge in [-0.15, -0.1) is 0 Å². The number of esters is 1. The van der Waals surface area contributed by atoms with Gasteiger partial charge in [0.25, 0.3) is 5.91 Å². The Balaban J connectivity index is 1.83. The molecular formula is C28H35N3O7S. The van der Waals surface area contributed by atoms with E-state index in [9.17, 15) is 18.0 Å². The lowest BCUT2D eigenvalue weighted by molar-refractivity contribution is -0.173. The minimum atomic E-state index is -4.35. The Labute approximate surface area is 229 Å². The summed E-state index contributed by atoms with van der Waals surface area (Å²) in [6.45, 7) is 5.18. The predicted octanol–water partition coefficient (Wildman–Crippen LogP) is 3.44. The quantitative estimate of drug-likeness (QED) is 0.208. The van der Waals surface area contributed by atoms with Gasteiger partial charge in [-0.3, -0.25) is 14.4 Å². The monoisotopic (exact) mass is 557 g/mol. The van der Waals surface area contributed by atoms with Crippen molar-refractivity contribution in [3.63, 3.8) is 0 Å². The fraction of sp³-hybridized carbons (Fsp3) is 0.357. The molecule has 10 nitrogen and oxygen atoms in total. The number of likely N-dealkylation sites (N-methyl/N-ethyl adjacent to an activating group) is 1. The maximum absolute atomic E-state index is 13.5. The lowest BCUT2D eigenvalue weighted by Crippen LogP contribution is -2.48. The van der Waals surface area contributed by atoms with Gasteiger partial charge in [0.15, 0.2) is 0 Å². The molecule has 3 rings (SSSR count). The number of amides is 1. The molecule has 0 radical (unpaired) electrons. The number of ether oxygens (including phenoxy) is 2. The van der Waals surface area contributed by atoms with E-state index in [1.165, 1.54) is 32.4 Å². The van der Waals surface area contributed by atoms with Crippen molar-refractivity contribution < 1.29 is 32.3 Å². The number of rotatable bonds is 11. The number of hydroxylamine groups is 2. The molecule has 1 atom stereocenters. The molecule has 0 saturated carbocycles. The summed E-state index contributed by atoms with van der Waals surface area (Å²) in [7, 11) is -1.80. The minimum Gasteiger partial charge on any atom is -0.492 e. The highest BCUT2D eigenvalue weighted by molar-refractivity contribution is 7.89. The SMILES string of the molecule is CON(C)C(=O)C(CC(=O)OC(C)(C)C)NS(=O)(=O)c1ccc(N)cc1OCCc1cccc2ccccc12. The second kappa shape index (κ2) is 12.5. The Morgan fingerprint density at radius 2 is 1.74 bits per heavy atom.